The maximum absolute atomic E-state index is 11.5. The molecule has 0 unspecified atom stereocenters. The molecule has 2 aromatic carbocycles. The van der Waals surface area contributed by atoms with Crippen molar-refractivity contribution in [3.05, 3.63) is 62.8 Å². The van der Waals surface area contributed by atoms with Crippen LogP contribution in [0.25, 0.3) is 12.7 Å². The van der Waals surface area contributed by atoms with Gasteiger partial charge in [0.25, 0.3) is 10.1 Å². The van der Waals surface area contributed by atoms with Gasteiger partial charge in [-0.1, -0.05) is 43.0 Å². The van der Waals surface area contributed by atoms with E-state index in [1.807, 2.05) is 30.3 Å². The lowest BCUT2D eigenvalue weighted by atomic mass is 10.1. The quantitative estimate of drug-likeness (QED) is 0.656. The monoisotopic (exact) mass is 258 g/mol. The van der Waals surface area contributed by atoms with Crippen LogP contribution in [0.2, 0.25) is 0 Å². The van der Waals surface area contributed by atoms with Crippen LogP contribution in [0.3, 0.4) is 0 Å². The van der Waals surface area contributed by atoms with Gasteiger partial charge in [-0.25, -0.2) is 0 Å². The smallest absolute Gasteiger partial charge is 0.282 e. The second kappa shape index (κ2) is 3.54. The molecular formula is C14H10O3S. The van der Waals surface area contributed by atoms with Crippen molar-refractivity contribution in [1.82, 2.24) is 0 Å². The van der Waals surface area contributed by atoms with Crippen molar-refractivity contribution in [3.63, 3.8) is 0 Å². The Labute approximate surface area is 104 Å². The van der Waals surface area contributed by atoms with Crippen molar-refractivity contribution in [2.75, 3.05) is 0 Å². The molecule has 4 heteroatoms. The van der Waals surface area contributed by atoms with Crippen LogP contribution in [0.1, 0.15) is 5.56 Å². The Bertz CT molecular complexity index is 957. The molecule has 0 fully saturated rings. The Morgan fingerprint density at radius 3 is 2.44 bits per heavy atom. The Morgan fingerprint density at radius 2 is 1.72 bits per heavy atom. The summed E-state index contributed by atoms with van der Waals surface area (Å²) in [5.74, 6) is 0. The van der Waals surface area contributed by atoms with E-state index in [-0.39, 0.29) is 4.90 Å². The van der Waals surface area contributed by atoms with Crippen LogP contribution in [0, 0.1) is 10.4 Å². The molecule has 0 amide bonds. The van der Waals surface area contributed by atoms with Crippen LogP contribution in [0.15, 0.2) is 41.3 Å². The maximum Gasteiger partial charge on any atom is 0.295 e. The van der Waals surface area contributed by atoms with Crippen LogP contribution in [-0.2, 0) is 10.1 Å². The topological polar surface area (TPSA) is 54.4 Å². The predicted molar refractivity (Wildman–Crippen MR) is 68.7 cm³/mol. The molecule has 0 spiro atoms. The fourth-order valence-corrected chi connectivity index (χ4v) is 3.20. The van der Waals surface area contributed by atoms with E-state index in [0.29, 0.717) is 10.8 Å². The molecule has 0 bridgehead atoms. The standard InChI is InChI=1S/C14H10O3S/c1-9-6-7-12-11-5-3-2-4-10(11)8-13(12)14(9)18(15,16)17/h2-8H,1H2,(H,15,16,17). The lowest BCUT2D eigenvalue weighted by Gasteiger charge is -2.02. The van der Waals surface area contributed by atoms with Gasteiger partial charge >= 0.3 is 0 Å². The van der Waals surface area contributed by atoms with Gasteiger partial charge in [0, 0.05) is 5.56 Å². The molecule has 0 saturated heterocycles. The van der Waals surface area contributed by atoms with Crippen LogP contribution >= 0.6 is 0 Å². The van der Waals surface area contributed by atoms with Gasteiger partial charge in [-0.15, -0.1) is 0 Å². The molecule has 1 aliphatic carbocycles. The van der Waals surface area contributed by atoms with Crippen molar-refractivity contribution in [1.29, 1.82) is 0 Å². The number of rotatable bonds is 1. The van der Waals surface area contributed by atoms with Crippen LogP contribution < -0.4 is 10.4 Å². The van der Waals surface area contributed by atoms with Gasteiger partial charge in [0.1, 0.15) is 4.90 Å². The third-order valence-corrected chi connectivity index (χ3v) is 4.08. The van der Waals surface area contributed by atoms with E-state index < -0.39 is 10.1 Å². The zero-order chi connectivity index (χ0) is 12.9. The molecular weight excluding hydrogens is 248 g/mol. The highest BCUT2D eigenvalue weighted by Crippen LogP contribution is 2.16. The second-order valence-electron chi connectivity index (χ2n) is 4.22. The zero-order valence-electron chi connectivity index (χ0n) is 9.42. The minimum Gasteiger partial charge on any atom is -0.282 e. The number of benzene rings is 2. The first kappa shape index (κ1) is 11.2. The summed E-state index contributed by atoms with van der Waals surface area (Å²) in [6.07, 6.45) is 1.77. The summed E-state index contributed by atoms with van der Waals surface area (Å²) in [4.78, 5) is -0.101. The third-order valence-electron chi connectivity index (χ3n) is 3.09. The first-order chi connectivity index (χ1) is 8.48. The first-order valence-corrected chi connectivity index (χ1v) is 6.83. The van der Waals surface area contributed by atoms with Gasteiger partial charge in [-0.05, 0) is 27.0 Å². The zero-order valence-corrected chi connectivity index (χ0v) is 10.2. The Balaban J connectivity index is 2.65. The van der Waals surface area contributed by atoms with Gasteiger partial charge in [0.15, 0.2) is 0 Å². The summed E-state index contributed by atoms with van der Waals surface area (Å²) < 4.78 is 32.2. The highest BCUT2D eigenvalue weighted by Gasteiger charge is 2.18. The molecule has 0 saturated carbocycles. The van der Waals surface area contributed by atoms with E-state index in [9.17, 15) is 13.0 Å². The highest BCUT2D eigenvalue weighted by molar-refractivity contribution is 7.85. The fourth-order valence-electron chi connectivity index (χ4n) is 2.35. The number of hydrogen-bond donors (Lipinski definition) is 1. The van der Waals surface area contributed by atoms with Crippen molar-refractivity contribution >= 4 is 22.8 Å². The molecule has 1 aliphatic rings. The molecule has 18 heavy (non-hydrogen) atoms. The van der Waals surface area contributed by atoms with Crippen LogP contribution in [0.4, 0.5) is 0 Å². The summed E-state index contributed by atoms with van der Waals surface area (Å²) in [5.41, 5.74) is 0.520. The molecule has 1 N–H and O–H groups in total. The van der Waals surface area contributed by atoms with E-state index in [1.165, 1.54) is 0 Å². The summed E-state index contributed by atoms with van der Waals surface area (Å²) >= 11 is 0. The third kappa shape index (κ3) is 1.50. The van der Waals surface area contributed by atoms with Crippen molar-refractivity contribution in [2.24, 2.45) is 0 Å². The molecule has 2 aromatic rings. The Hall–Kier alpha value is -1.91. The highest BCUT2D eigenvalue weighted by atomic mass is 32.2. The minimum absolute atomic E-state index is 0.101. The average molecular weight is 258 g/mol. The molecule has 3 rings (SSSR count). The molecule has 0 radical (unpaired) electrons. The van der Waals surface area contributed by atoms with Crippen LogP contribution in [-0.4, -0.2) is 13.0 Å². The molecule has 0 atom stereocenters. The first-order valence-electron chi connectivity index (χ1n) is 5.39. The lowest BCUT2D eigenvalue weighted by Crippen LogP contribution is -2.15. The average Bonchev–Trinajstić information content (AvgIpc) is 2.64. The minimum atomic E-state index is -4.27. The number of hydrogen-bond acceptors (Lipinski definition) is 2. The van der Waals surface area contributed by atoms with E-state index in [2.05, 4.69) is 6.58 Å². The van der Waals surface area contributed by atoms with E-state index in [0.717, 1.165) is 15.7 Å². The Morgan fingerprint density at radius 1 is 1.00 bits per heavy atom. The normalized spacial score (nSPS) is 12.7. The Kier molecular flexibility index (Phi) is 2.20. The molecule has 90 valence electrons. The molecule has 0 heterocycles. The SMILES string of the molecule is C=c1ccc2c(c1S(=O)(=O)O)C=c1ccccc1=2. The van der Waals surface area contributed by atoms with Crippen molar-refractivity contribution in [2.45, 2.75) is 4.90 Å². The van der Waals surface area contributed by atoms with E-state index >= 15 is 0 Å². The summed E-state index contributed by atoms with van der Waals surface area (Å²) in [6.45, 7) is 3.67. The number of fused-ring (bicyclic) bond motifs is 2. The van der Waals surface area contributed by atoms with Crippen LogP contribution in [0.5, 0.6) is 0 Å². The molecule has 0 aliphatic heterocycles. The van der Waals surface area contributed by atoms with Gasteiger partial charge in [0.2, 0.25) is 0 Å². The van der Waals surface area contributed by atoms with Gasteiger partial charge in [-0.2, -0.15) is 8.42 Å². The maximum atomic E-state index is 11.5. The molecule has 0 aromatic heterocycles. The molecule has 3 nitrogen and oxygen atoms in total. The van der Waals surface area contributed by atoms with Gasteiger partial charge in [-0.3, -0.25) is 4.55 Å². The fraction of sp³-hybridized carbons (Fsp3) is 0. The largest absolute Gasteiger partial charge is 0.295 e. The van der Waals surface area contributed by atoms with Gasteiger partial charge < -0.3 is 0 Å². The lowest BCUT2D eigenvalue weighted by molar-refractivity contribution is 0.482. The summed E-state index contributed by atoms with van der Waals surface area (Å²) in [7, 11) is -4.27. The summed E-state index contributed by atoms with van der Waals surface area (Å²) in [5, 5.41) is 3.03. The predicted octanol–water partition coefficient (Wildman–Crippen LogP) is 0.773. The summed E-state index contributed by atoms with van der Waals surface area (Å²) in [6, 6.07) is 11.1. The van der Waals surface area contributed by atoms with Crippen molar-refractivity contribution in [3.8, 4) is 0 Å². The van der Waals surface area contributed by atoms with Crippen molar-refractivity contribution < 1.29 is 13.0 Å². The van der Waals surface area contributed by atoms with Gasteiger partial charge in [0.05, 0.1) is 0 Å². The van der Waals surface area contributed by atoms with E-state index in [4.69, 9.17) is 0 Å². The second-order valence-corrected chi connectivity index (χ2v) is 5.58. The van der Waals surface area contributed by atoms with E-state index in [1.54, 1.807) is 12.1 Å².